The molecule has 2 heterocycles. The number of nitrogens with zero attached hydrogens (tertiary/aromatic N) is 2. The Morgan fingerprint density at radius 1 is 1.38 bits per heavy atom. The molecule has 8 heavy (non-hydrogen) atoms. The molecule has 1 fully saturated rings. The van der Waals surface area contributed by atoms with Crippen LogP contribution in [0.1, 0.15) is 6.42 Å². The summed E-state index contributed by atoms with van der Waals surface area (Å²) in [7, 11) is 0. The summed E-state index contributed by atoms with van der Waals surface area (Å²) in [5, 5.41) is 0. The number of fused-ring (bicyclic) bond motifs is 2. The maximum absolute atomic E-state index is 4.36. The number of hydrogen-bond donors (Lipinski definition) is 0. The summed E-state index contributed by atoms with van der Waals surface area (Å²) in [4.78, 5) is 6.83. The van der Waals surface area contributed by atoms with Crippen molar-refractivity contribution in [3.8, 4) is 0 Å². The van der Waals surface area contributed by atoms with E-state index >= 15 is 0 Å². The van der Waals surface area contributed by atoms with Crippen LogP contribution in [0.4, 0.5) is 0 Å². The van der Waals surface area contributed by atoms with Crippen LogP contribution in [0.15, 0.2) is 4.99 Å². The Morgan fingerprint density at radius 3 is 3.12 bits per heavy atom. The molecule has 44 valence electrons. The Balaban J connectivity index is 2.22. The van der Waals surface area contributed by atoms with Gasteiger partial charge in [-0.25, -0.2) is 0 Å². The van der Waals surface area contributed by atoms with Gasteiger partial charge in [0.15, 0.2) is 0 Å². The van der Waals surface area contributed by atoms with Crippen LogP contribution in [-0.4, -0.2) is 36.8 Å². The standard InChI is InChI=1S/C6H10N2/c1-3-8-4-2-7-6(1)5-8/h1-5H2. The summed E-state index contributed by atoms with van der Waals surface area (Å²) in [5.41, 5.74) is 1.43. The van der Waals surface area contributed by atoms with Crippen LogP contribution in [-0.2, 0) is 0 Å². The Bertz CT molecular complexity index is 126. The number of hydrogen-bond acceptors (Lipinski definition) is 2. The third-order valence-corrected chi connectivity index (χ3v) is 1.87. The molecule has 0 aromatic carbocycles. The minimum Gasteiger partial charge on any atom is -0.296 e. The third-order valence-electron chi connectivity index (χ3n) is 1.87. The summed E-state index contributed by atoms with van der Waals surface area (Å²) >= 11 is 0. The van der Waals surface area contributed by atoms with E-state index in [1.165, 1.54) is 31.8 Å². The second-order valence-electron chi connectivity index (χ2n) is 2.47. The zero-order chi connectivity index (χ0) is 5.40. The summed E-state index contributed by atoms with van der Waals surface area (Å²) in [6.07, 6.45) is 1.24. The first-order chi connectivity index (χ1) is 3.95. The highest BCUT2D eigenvalue weighted by molar-refractivity contribution is 5.88. The van der Waals surface area contributed by atoms with Crippen molar-refractivity contribution >= 4 is 5.71 Å². The lowest BCUT2D eigenvalue weighted by molar-refractivity contribution is 0.353. The Morgan fingerprint density at radius 2 is 2.38 bits per heavy atom. The average Bonchev–Trinajstić information content (AvgIpc) is 2.12. The molecular weight excluding hydrogens is 100 g/mol. The molecule has 0 aromatic rings. The highest BCUT2D eigenvalue weighted by Crippen LogP contribution is 2.09. The summed E-state index contributed by atoms with van der Waals surface area (Å²) < 4.78 is 0. The molecule has 2 rings (SSSR count). The quantitative estimate of drug-likeness (QED) is 0.433. The van der Waals surface area contributed by atoms with E-state index in [-0.39, 0.29) is 0 Å². The normalized spacial score (nSPS) is 35.0. The van der Waals surface area contributed by atoms with Crippen molar-refractivity contribution < 1.29 is 0 Å². The van der Waals surface area contributed by atoms with Gasteiger partial charge in [-0.2, -0.15) is 0 Å². The van der Waals surface area contributed by atoms with E-state index in [1.54, 1.807) is 0 Å². The molecule has 2 bridgehead atoms. The van der Waals surface area contributed by atoms with Crippen LogP contribution in [0.25, 0.3) is 0 Å². The molecule has 1 unspecified atom stereocenters. The van der Waals surface area contributed by atoms with Crippen LogP contribution >= 0.6 is 0 Å². The maximum Gasteiger partial charge on any atom is 0.0516 e. The van der Waals surface area contributed by atoms with Gasteiger partial charge in [0, 0.05) is 25.3 Å². The molecule has 2 aliphatic heterocycles. The molecule has 0 aromatic heterocycles. The third kappa shape index (κ3) is 0.564. The first-order valence-corrected chi connectivity index (χ1v) is 3.20. The van der Waals surface area contributed by atoms with Crippen LogP contribution in [0.2, 0.25) is 0 Å². The molecule has 0 amide bonds. The molecule has 0 aliphatic carbocycles. The van der Waals surface area contributed by atoms with Gasteiger partial charge in [0.2, 0.25) is 0 Å². The number of aliphatic imine (C=N–C) groups is 1. The van der Waals surface area contributed by atoms with E-state index in [9.17, 15) is 0 Å². The van der Waals surface area contributed by atoms with Crippen LogP contribution < -0.4 is 0 Å². The molecule has 2 heteroatoms. The van der Waals surface area contributed by atoms with Crippen molar-refractivity contribution in [2.75, 3.05) is 26.2 Å². The fourth-order valence-corrected chi connectivity index (χ4v) is 1.37. The Kier molecular flexibility index (Phi) is 0.875. The van der Waals surface area contributed by atoms with E-state index in [1.807, 2.05) is 0 Å². The van der Waals surface area contributed by atoms with Crippen molar-refractivity contribution in [3.63, 3.8) is 0 Å². The second-order valence-corrected chi connectivity index (χ2v) is 2.47. The fraction of sp³-hybridized carbons (Fsp3) is 0.833. The van der Waals surface area contributed by atoms with Crippen molar-refractivity contribution in [1.82, 2.24) is 4.90 Å². The fourth-order valence-electron chi connectivity index (χ4n) is 1.37. The topological polar surface area (TPSA) is 15.6 Å². The predicted octanol–water partition coefficient (Wildman–Crippen LogP) is 0.147. The van der Waals surface area contributed by atoms with Crippen LogP contribution in [0.3, 0.4) is 0 Å². The van der Waals surface area contributed by atoms with Crippen molar-refractivity contribution in [1.29, 1.82) is 0 Å². The monoisotopic (exact) mass is 110 g/mol. The molecule has 2 nitrogen and oxygen atoms in total. The highest BCUT2D eigenvalue weighted by Gasteiger charge is 2.19. The first-order valence-electron chi connectivity index (χ1n) is 3.20. The summed E-state index contributed by atoms with van der Waals surface area (Å²) in [6.45, 7) is 4.68. The molecule has 1 saturated heterocycles. The Hall–Kier alpha value is -0.370. The van der Waals surface area contributed by atoms with Gasteiger partial charge in [-0.3, -0.25) is 9.89 Å². The molecule has 1 atom stereocenters. The zero-order valence-corrected chi connectivity index (χ0v) is 4.93. The molecule has 0 radical (unpaired) electrons. The van der Waals surface area contributed by atoms with Gasteiger partial charge in [-0.05, 0) is 6.42 Å². The van der Waals surface area contributed by atoms with E-state index in [2.05, 4.69) is 9.89 Å². The van der Waals surface area contributed by atoms with Crippen LogP contribution in [0, 0.1) is 0 Å². The largest absolute Gasteiger partial charge is 0.296 e. The van der Waals surface area contributed by atoms with Gasteiger partial charge in [0.05, 0.1) is 6.54 Å². The molecule has 0 N–H and O–H groups in total. The van der Waals surface area contributed by atoms with Crippen LogP contribution in [0.5, 0.6) is 0 Å². The minimum absolute atomic E-state index is 1.05. The minimum atomic E-state index is 1.05. The second kappa shape index (κ2) is 1.55. The predicted molar refractivity (Wildman–Crippen MR) is 33.4 cm³/mol. The summed E-state index contributed by atoms with van der Waals surface area (Å²) in [5.74, 6) is 0. The maximum atomic E-state index is 4.36. The lowest BCUT2D eigenvalue weighted by atomic mass is 10.3. The number of rotatable bonds is 0. The van der Waals surface area contributed by atoms with E-state index in [0.29, 0.717) is 0 Å². The van der Waals surface area contributed by atoms with Gasteiger partial charge in [-0.1, -0.05) is 0 Å². The Labute approximate surface area is 49.2 Å². The van der Waals surface area contributed by atoms with Gasteiger partial charge < -0.3 is 0 Å². The lowest BCUT2D eigenvalue weighted by Gasteiger charge is -2.14. The van der Waals surface area contributed by atoms with Crippen molar-refractivity contribution in [2.45, 2.75) is 6.42 Å². The molecule has 0 spiro atoms. The zero-order valence-electron chi connectivity index (χ0n) is 4.93. The first kappa shape index (κ1) is 4.50. The van der Waals surface area contributed by atoms with Crippen molar-refractivity contribution in [3.05, 3.63) is 0 Å². The van der Waals surface area contributed by atoms with Gasteiger partial charge in [-0.15, -0.1) is 0 Å². The SMILES string of the molecule is C1CN2CCC(=N1)C2. The average molecular weight is 110 g/mol. The van der Waals surface area contributed by atoms with Gasteiger partial charge in [0.25, 0.3) is 0 Å². The van der Waals surface area contributed by atoms with E-state index in [4.69, 9.17) is 0 Å². The molecular formula is C6H10N2. The smallest absolute Gasteiger partial charge is 0.0516 e. The molecule has 0 saturated carbocycles. The molecule has 2 aliphatic rings. The van der Waals surface area contributed by atoms with Gasteiger partial charge in [0.1, 0.15) is 0 Å². The van der Waals surface area contributed by atoms with E-state index < -0.39 is 0 Å². The van der Waals surface area contributed by atoms with Gasteiger partial charge >= 0.3 is 0 Å². The highest BCUT2D eigenvalue weighted by atomic mass is 15.2. The summed E-state index contributed by atoms with van der Waals surface area (Å²) in [6, 6.07) is 0. The van der Waals surface area contributed by atoms with Crippen molar-refractivity contribution in [2.24, 2.45) is 4.99 Å². The van der Waals surface area contributed by atoms with E-state index in [0.717, 1.165) is 6.54 Å². The lowest BCUT2D eigenvalue weighted by Crippen LogP contribution is -2.27.